The molecule has 0 spiro atoms. The van der Waals surface area contributed by atoms with Crippen molar-refractivity contribution >= 4 is 36.8 Å². The fourth-order valence-electron chi connectivity index (χ4n) is 1.36. The molecule has 0 atom stereocenters. The van der Waals surface area contributed by atoms with Gasteiger partial charge in [-0.05, 0) is 0 Å². The monoisotopic (exact) mass is 319 g/mol. The van der Waals surface area contributed by atoms with E-state index in [9.17, 15) is 19.5 Å². The summed E-state index contributed by atoms with van der Waals surface area (Å²) in [5.41, 5.74) is -2.38. The van der Waals surface area contributed by atoms with Crippen LogP contribution in [0.25, 0.3) is 0 Å². The molecule has 0 aromatic heterocycles. The van der Waals surface area contributed by atoms with Crippen molar-refractivity contribution in [2.45, 2.75) is 18.4 Å². The van der Waals surface area contributed by atoms with Gasteiger partial charge < -0.3 is 19.3 Å². The number of carbonyl (C=O) groups excluding carboxylic acids is 3. The standard InChI is InChI=1S/C15H20O7.Li/c1-4-7-20-12(16)10-15(19,14(18)22-9-6-3)11-13(17)21-8-5-2;/h4-6,19H,1-3,7-11H2;. The Morgan fingerprint density at radius 3 is 1.52 bits per heavy atom. The molecule has 1 radical (unpaired) electrons. The van der Waals surface area contributed by atoms with Crippen molar-refractivity contribution in [2.75, 3.05) is 19.8 Å². The second-order valence-corrected chi connectivity index (χ2v) is 4.22. The van der Waals surface area contributed by atoms with Crippen LogP contribution in [0.5, 0.6) is 0 Å². The first-order valence-corrected chi connectivity index (χ1v) is 6.43. The zero-order chi connectivity index (χ0) is 17.0. The second kappa shape index (κ2) is 12.7. The van der Waals surface area contributed by atoms with Crippen LogP contribution in [0.4, 0.5) is 0 Å². The van der Waals surface area contributed by atoms with E-state index in [4.69, 9.17) is 14.2 Å². The number of rotatable bonds is 11. The quantitative estimate of drug-likeness (QED) is 0.253. The van der Waals surface area contributed by atoms with Gasteiger partial charge in [0, 0.05) is 18.9 Å². The maximum Gasteiger partial charge on any atom is 0.339 e. The molecule has 0 aliphatic carbocycles. The number of aliphatic hydroxyl groups is 1. The predicted molar refractivity (Wildman–Crippen MR) is 83.4 cm³/mol. The SMILES string of the molecule is C=CCOC(=O)CC(O)(CC(=O)OCC=C)C(=O)OCC=C.[Li]. The zero-order valence-corrected chi connectivity index (χ0v) is 13.3. The van der Waals surface area contributed by atoms with Gasteiger partial charge >= 0.3 is 17.9 Å². The van der Waals surface area contributed by atoms with Crippen LogP contribution in [0.2, 0.25) is 0 Å². The molecule has 0 heterocycles. The Morgan fingerprint density at radius 2 is 1.17 bits per heavy atom. The summed E-state index contributed by atoms with van der Waals surface area (Å²) >= 11 is 0. The summed E-state index contributed by atoms with van der Waals surface area (Å²) in [6.45, 7) is 9.73. The predicted octanol–water partition coefficient (Wildman–Crippen LogP) is 0.304. The van der Waals surface area contributed by atoms with Crippen molar-refractivity contribution in [3.05, 3.63) is 38.0 Å². The minimum absolute atomic E-state index is 0. The van der Waals surface area contributed by atoms with Gasteiger partial charge in [0.15, 0.2) is 5.60 Å². The Morgan fingerprint density at radius 1 is 0.826 bits per heavy atom. The normalized spacial score (nSPS) is 9.78. The number of ether oxygens (including phenoxy) is 3. The minimum atomic E-state index is -2.38. The number of hydrogen-bond acceptors (Lipinski definition) is 7. The van der Waals surface area contributed by atoms with Crippen LogP contribution in [0, 0.1) is 0 Å². The van der Waals surface area contributed by atoms with Gasteiger partial charge in [-0.3, -0.25) is 9.59 Å². The van der Waals surface area contributed by atoms with Crippen molar-refractivity contribution in [3.8, 4) is 0 Å². The molecule has 0 aromatic carbocycles. The maximum absolute atomic E-state index is 11.9. The number of esters is 3. The van der Waals surface area contributed by atoms with E-state index in [1.807, 2.05) is 0 Å². The van der Waals surface area contributed by atoms with Crippen LogP contribution in [0.1, 0.15) is 12.8 Å². The summed E-state index contributed by atoms with van der Waals surface area (Å²) in [5.74, 6) is -2.90. The fraction of sp³-hybridized carbons (Fsp3) is 0.400. The van der Waals surface area contributed by atoms with E-state index < -0.39 is 36.4 Å². The molecule has 1 N–H and O–H groups in total. The molecule has 0 aliphatic heterocycles. The molecule has 7 nitrogen and oxygen atoms in total. The van der Waals surface area contributed by atoms with Crippen molar-refractivity contribution < 1.29 is 33.7 Å². The molecule has 8 heteroatoms. The average molecular weight is 319 g/mol. The average Bonchev–Trinajstić information content (AvgIpc) is 2.48. The van der Waals surface area contributed by atoms with E-state index in [1.54, 1.807) is 0 Å². The molecular weight excluding hydrogens is 299 g/mol. The van der Waals surface area contributed by atoms with Gasteiger partial charge in [0.1, 0.15) is 19.8 Å². The molecule has 0 fully saturated rings. The van der Waals surface area contributed by atoms with E-state index in [-0.39, 0.29) is 38.7 Å². The Labute approximate surface area is 147 Å². The van der Waals surface area contributed by atoms with Gasteiger partial charge in [-0.25, -0.2) is 4.79 Å². The Hall–Kier alpha value is -1.81. The molecule has 0 unspecified atom stereocenters. The second-order valence-electron chi connectivity index (χ2n) is 4.22. The van der Waals surface area contributed by atoms with E-state index in [2.05, 4.69) is 19.7 Å². The van der Waals surface area contributed by atoms with Crippen LogP contribution >= 0.6 is 0 Å². The van der Waals surface area contributed by atoms with E-state index >= 15 is 0 Å². The zero-order valence-electron chi connectivity index (χ0n) is 13.3. The molecule has 0 saturated carbocycles. The molecule has 0 aromatic rings. The molecule has 0 bridgehead atoms. The molecule has 0 rings (SSSR count). The van der Waals surface area contributed by atoms with E-state index in [0.717, 1.165) is 0 Å². The Balaban J connectivity index is 0. The third-order valence-corrected chi connectivity index (χ3v) is 2.31. The van der Waals surface area contributed by atoms with Gasteiger partial charge in [0.2, 0.25) is 0 Å². The summed E-state index contributed by atoms with van der Waals surface area (Å²) in [4.78, 5) is 35.0. The number of carbonyl (C=O) groups is 3. The largest absolute Gasteiger partial charge is 0.461 e. The first-order valence-electron chi connectivity index (χ1n) is 6.43. The van der Waals surface area contributed by atoms with E-state index in [1.165, 1.54) is 18.2 Å². The Bertz CT molecular complexity index is 419. The summed E-state index contributed by atoms with van der Waals surface area (Å²) in [5, 5.41) is 10.3. The van der Waals surface area contributed by atoms with Gasteiger partial charge in [-0.2, -0.15) is 0 Å². The summed E-state index contributed by atoms with van der Waals surface area (Å²) in [6.07, 6.45) is 2.43. The van der Waals surface area contributed by atoms with Gasteiger partial charge in [0.05, 0.1) is 12.8 Å². The van der Waals surface area contributed by atoms with Crippen molar-refractivity contribution in [3.63, 3.8) is 0 Å². The molecule has 0 saturated heterocycles. The molecular formula is C15H20LiO7. The molecule has 123 valence electrons. The van der Waals surface area contributed by atoms with Crippen LogP contribution in [-0.4, -0.2) is 67.3 Å². The van der Waals surface area contributed by atoms with Crippen molar-refractivity contribution in [1.82, 2.24) is 0 Å². The summed E-state index contributed by atoms with van der Waals surface area (Å²) in [6, 6.07) is 0. The third-order valence-electron chi connectivity index (χ3n) is 2.31. The van der Waals surface area contributed by atoms with Crippen molar-refractivity contribution in [2.24, 2.45) is 0 Å². The van der Waals surface area contributed by atoms with Crippen LogP contribution < -0.4 is 0 Å². The minimum Gasteiger partial charge on any atom is -0.461 e. The third kappa shape index (κ3) is 9.74. The van der Waals surface area contributed by atoms with Gasteiger partial charge in [0.25, 0.3) is 0 Å². The molecule has 0 amide bonds. The van der Waals surface area contributed by atoms with Gasteiger partial charge in [-0.15, -0.1) is 0 Å². The maximum atomic E-state index is 11.9. The smallest absolute Gasteiger partial charge is 0.339 e. The topological polar surface area (TPSA) is 99.1 Å². The van der Waals surface area contributed by atoms with Gasteiger partial charge in [-0.1, -0.05) is 38.0 Å². The van der Waals surface area contributed by atoms with Crippen LogP contribution in [0.3, 0.4) is 0 Å². The molecule has 0 aliphatic rings. The van der Waals surface area contributed by atoms with Crippen LogP contribution in [-0.2, 0) is 28.6 Å². The first-order chi connectivity index (χ1) is 10.4. The van der Waals surface area contributed by atoms with Crippen molar-refractivity contribution in [1.29, 1.82) is 0 Å². The summed E-state index contributed by atoms with van der Waals surface area (Å²) < 4.78 is 14.1. The first kappa shape index (κ1) is 23.5. The Kier molecular flexibility index (Phi) is 13.0. The number of hydrogen-bond donors (Lipinski definition) is 1. The molecule has 23 heavy (non-hydrogen) atoms. The fourth-order valence-corrected chi connectivity index (χ4v) is 1.36. The van der Waals surface area contributed by atoms with Crippen LogP contribution in [0.15, 0.2) is 38.0 Å². The summed E-state index contributed by atoms with van der Waals surface area (Å²) in [7, 11) is 0. The van der Waals surface area contributed by atoms with E-state index in [0.29, 0.717) is 0 Å².